The zero-order valence-corrected chi connectivity index (χ0v) is 15.5. The number of rotatable bonds is 5. The molecule has 0 aliphatic carbocycles. The highest BCUT2D eigenvalue weighted by atomic mass is 32.2. The zero-order valence-electron chi connectivity index (χ0n) is 14.7. The third kappa shape index (κ3) is 4.05. The summed E-state index contributed by atoms with van der Waals surface area (Å²) >= 11 is 0. The number of nitriles is 1. The molecule has 1 saturated heterocycles. The van der Waals surface area contributed by atoms with Crippen LogP contribution in [0.2, 0.25) is 0 Å². The summed E-state index contributed by atoms with van der Waals surface area (Å²) in [6, 6.07) is 16.2. The Morgan fingerprint density at radius 2 is 1.69 bits per heavy atom. The number of piperazine rings is 1. The highest BCUT2D eigenvalue weighted by molar-refractivity contribution is 7.89. The van der Waals surface area contributed by atoms with Crippen LogP contribution >= 0.6 is 0 Å². The molecule has 26 heavy (non-hydrogen) atoms. The molecule has 6 nitrogen and oxygen atoms in total. The van der Waals surface area contributed by atoms with E-state index in [9.17, 15) is 8.42 Å². The Morgan fingerprint density at radius 3 is 2.23 bits per heavy atom. The number of quaternary nitrogens is 1. The summed E-state index contributed by atoms with van der Waals surface area (Å²) in [6.45, 7) is 3.35. The van der Waals surface area contributed by atoms with Crippen LogP contribution in [-0.4, -0.2) is 46.0 Å². The first kappa shape index (κ1) is 18.4. The second-order valence-electron chi connectivity index (χ2n) is 6.32. The molecule has 1 aliphatic heterocycles. The molecule has 0 spiro atoms. The number of ether oxygens (including phenoxy) is 1. The van der Waals surface area contributed by atoms with Crippen LogP contribution < -0.4 is 9.64 Å². The lowest BCUT2D eigenvalue weighted by atomic mass is 10.1. The van der Waals surface area contributed by atoms with E-state index < -0.39 is 10.0 Å². The van der Waals surface area contributed by atoms with E-state index >= 15 is 0 Å². The largest absolute Gasteiger partial charge is 0.497 e. The molecular weight excluding hydrogens is 350 g/mol. The molecule has 2 aromatic rings. The SMILES string of the molecule is COc1ccc(S(=O)(=O)N2CC[NH+](Cc3ccc(C#N)cc3)CC2)cc1. The Balaban J connectivity index is 1.60. The van der Waals surface area contributed by atoms with Crippen molar-refractivity contribution in [2.45, 2.75) is 11.4 Å². The predicted octanol–water partition coefficient (Wildman–Crippen LogP) is 0.656. The van der Waals surface area contributed by atoms with Gasteiger partial charge in [0.2, 0.25) is 10.0 Å². The molecule has 3 rings (SSSR count). The molecule has 7 heteroatoms. The van der Waals surface area contributed by atoms with Gasteiger partial charge in [-0.2, -0.15) is 9.57 Å². The lowest BCUT2D eigenvalue weighted by molar-refractivity contribution is -0.917. The molecule has 0 radical (unpaired) electrons. The van der Waals surface area contributed by atoms with Gasteiger partial charge >= 0.3 is 0 Å². The molecule has 1 heterocycles. The van der Waals surface area contributed by atoms with Crippen molar-refractivity contribution in [3.05, 3.63) is 59.7 Å². The van der Waals surface area contributed by atoms with E-state index in [2.05, 4.69) is 6.07 Å². The van der Waals surface area contributed by atoms with Crippen LogP contribution in [0.4, 0.5) is 0 Å². The second kappa shape index (κ2) is 7.87. The van der Waals surface area contributed by atoms with Crippen molar-refractivity contribution in [1.29, 1.82) is 5.26 Å². The van der Waals surface area contributed by atoms with Crippen LogP contribution in [0, 0.1) is 11.3 Å². The van der Waals surface area contributed by atoms with Crippen molar-refractivity contribution in [1.82, 2.24) is 4.31 Å². The predicted molar refractivity (Wildman–Crippen MR) is 97.3 cm³/mol. The third-order valence-electron chi connectivity index (χ3n) is 4.66. The fourth-order valence-electron chi connectivity index (χ4n) is 3.10. The topological polar surface area (TPSA) is 74.8 Å². The summed E-state index contributed by atoms with van der Waals surface area (Å²) in [7, 11) is -1.91. The zero-order chi connectivity index (χ0) is 18.6. The summed E-state index contributed by atoms with van der Waals surface area (Å²) in [4.78, 5) is 1.64. The van der Waals surface area contributed by atoms with Gasteiger partial charge < -0.3 is 9.64 Å². The van der Waals surface area contributed by atoms with Crippen LogP contribution in [0.25, 0.3) is 0 Å². The molecule has 1 aliphatic rings. The Kier molecular flexibility index (Phi) is 5.57. The molecule has 2 aromatic carbocycles. The van der Waals surface area contributed by atoms with E-state index in [1.165, 1.54) is 4.90 Å². The Labute approximate surface area is 154 Å². The number of sulfonamides is 1. The van der Waals surface area contributed by atoms with Gasteiger partial charge in [-0.1, -0.05) is 12.1 Å². The van der Waals surface area contributed by atoms with Gasteiger partial charge in [0.1, 0.15) is 12.3 Å². The van der Waals surface area contributed by atoms with E-state index in [0.717, 1.165) is 25.2 Å². The molecule has 0 amide bonds. The van der Waals surface area contributed by atoms with Gasteiger partial charge in [0.05, 0.1) is 49.8 Å². The molecule has 0 atom stereocenters. The standard InChI is InChI=1S/C19H21N3O3S/c1-25-18-6-8-19(9-7-18)26(23,24)22-12-10-21(11-13-22)15-17-4-2-16(14-20)3-5-17/h2-9H,10-13,15H2,1H3/p+1. The van der Waals surface area contributed by atoms with Crippen molar-refractivity contribution in [3.8, 4) is 11.8 Å². The van der Waals surface area contributed by atoms with Crippen molar-refractivity contribution in [2.75, 3.05) is 33.3 Å². The highest BCUT2D eigenvalue weighted by Crippen LogP contribution is 2.19. The molecule has 1 fully saturated rings. The summed E-state index contributed by atoms with van der Waals surface area (Å²) < 4.78 is 32.2. The minimum atomic E-state index is -3.46. The number of methoxy groups -OCH3 is 1. The average Bonchev–Trinajstić information content (AvgIpc) is 2.69. The number of nitrogens with one attached hydrogen (secondary N) is 1. The maximum atomic E-state index is 12.8. The van der Waals surface area contributed by atoms with Crippen LogP contribution in [0.3, 0.4) is 0 Å². The molecule has 136 valence electrons. The monoisotopic (exact) mass is 372 g/mol. The van der Waals surface area contributed by atoms with E-state index in [4.69, 9.17) is 10.00 Å². The molecule has 0 aromatic heterocycles. The minimum Gasteiger partial charge on any atom is -0.497 e. The maximum absolute atomic E-state index is 12.8. The molecular formula is C19H22N3O3S+. The van der Waals surface area contributed by atoms with Crippen molar-refractivity contribution in [2.24, 2.45) is 0 Å². The van der Waals surface area contributed by atoms with Crippen LogP contribution in [0.5, 0.6) is 5.75 Å². The first-order valence-corrected chi connectivity index (χ1v) is 9.94. The fourth-order valence-corrected chi connectivity index (χ4v) is 4.54. The molecule has 0 bridgehead atoms. The Hall–Kier alpha value is -2.40. The van der Waals surface area contributed by atoms with Gasteiger partial charge in [0, 0.05) is 5.56 Å². The second-order valence-corrected chi connectivity index (χ2v) is 8.25. The van der Waals surface area contributed by atoms with Crippen LogP contribution in [-0.2, 0) is 16.6 Å². The first-order valence-electron chi connectivity index (χ1n) is 8.50. The Bertz CT molecular complexity index is 879. The molecule has 0 unspecified atom stereocenters. The lowest BCUT2D eigenvalue weighted by Crippen LogP contribution is -3.13. The summed E-state index contributed by atoms with van der Waals surface area (Å²) in [5, 5.41) is 8.85. The first-order chi connectivity index (χ1) is 12.5. The van der Waals surface area contributed by atoms with Gasteiger partial charge in [0.25, 0.3) is 0 Å². The van der Waals surface area contributed by atoms with Gasteiger partial charge in [-0.25, -0.2) is 8.42 Å². The van der Waals surface area contributed by atoms with Crippen LogP contribution in [0.15, 0.2) is 53.4 Å². The Morgan fingerprint density at radius 1 is 1.08 bits per heavy atom. The summed E-state index contributed by atoms with van der Waals surface area (Å²) in [5.41, 5.74) is 1.81. The lowest BCUT2D eigenvalue weighted by Gasteiger charge is -2.31. The van der Waals surface area contributed by atoms with Gasteiger partial charge in [-0.05, 0) is 36.4 Å². The van der Waals surface area contributed by atoms with Crippen LogP contribution in [0.1, 0.15) is 11.1 Å². The maximum Gasteiger partial charge on any atom is 0.243 e. The van der Waals surface area contributed by atoms with E-state index in [1.807, 2.05) is 24.3 Å². The smallest absolute Gasteiger partial charge is 0.243 e. The third-order valence-corrected chi connectivity index (χ3v) is 6.58. The average molecular weight is 372 g/mol. The number of hydrogen-bond acceptors (Lipinski definition) is 4. The van der Waals surface area contributed by atoms with Crippen molar-refractivity contribution < 1.29 is 18.1 Å². The highest BCUT2D eigenvalue weighted by Gasteiger charge is 2.30. The quantitative estimate of drug-likeness (QED) is 0.837. The van der Waals surface area contributed by atoms with Gasteiger partial charge in [0.15, 0.2) is 0 Å². The van der Waals surface area contributed by atoms with Crippen molar-refractivity contribution in [3.63, 3.8) is 0 Å². The summed E-state index contributed by atoms with van der Waals surface area (Å²) in [6.07, 6.45) is 0. The number of benzene rings is 2. The minimum absolute atomic E-state index is 0.300. The normalized spacial score (nSPS) is 16.2. The number of nitrogens with zero attached hydrogens (tertiary/aromatic N) is 2. The fraction of sp³-hybridized carbons (Fsp3) is 0.316. The summed E-state index contributed by atoms with van der Waals surface area (Å²) in [5.74, 6) is 0.639. The number of hydrogen-bond donors (Lipinski definition) is 1. The molecule has 0 saturated carbocycles. The van der Waals surface area contributed by atoms with Crippen molar-refractivity contribution >= 4 is 10.0 Å². The van der Waals surface area contributed by atoms with Gasteiger partial charge in [-0.15, -0.1) is 0 Å². The van der Waals surface area contributed by atoms with E-state index in [-0.39, 0.29) is 0 Å². The van der Waals surface area contributed by atoms with E-state index in [1.54, 1.807) is 35.7 Å². The van der Waals surface area contributed by atoms with Gasteiger partial charge in [-0.3, -0.25) is 0 Å². The van der Waals surface area contributed by atoms with E-state index in [0.29, 0.717) is 29.3 Å². The molecule has 1 N–H and O–H groups in total.